The van der Waals surface area contributed by atoms with Gasteiger partial charge in [-0.05, 0) is 49.9 Å². The Balaban J connectivity index is 0.00000210. The molecule has 2 atom stereocenters. The van der Waals surface area contributed by atoms with Gasteiger partial charge in [-0.1, -0.05) is 12.1 Å². The molecule has 4 rings (SSSR count). The summed E-state index contributed by atoms with van der Waals surface area (Å²) in [7, 11) is 0. The number of carbonyl (C=O) groups is 1. The van der Waals surface area contributed by atoms with Crippen molar-refractivity contribution in [3.63, 3.8) is 0 Å². The number of fused-ring (bicyclic) bond motifs is 2. The van der Waals surface area contributed by atoms with Gasteiger partial charge in [0.1, 0.15) is 5.75 Å². The molecule has 27 heavy (non-hydrogen) atoms. The van der Waals surface area contributed by atoms with E-state index in [0.717, 1.165) is 12.8 Å². The van der Waals surface area contributed by atoms with Crippen LogP contribution < -0.4 is 15.4 Å². The van der Waals surface area contributed by atoms with Gasteiger partial charge in [0.25, 0.3) is 5.91 Å². The largest absolute Gasteiger partial charge is 0.485 e. The van der Waals surface area contributed by atoms with E-state index in [1.54, 1.807) is 24.3 Å². The van der Waals surface area contributed by atoms with Crippen LogP contribution in [0.1, 0.15) is 54.7 Å². The number of carbonyl (C=O) groups excluding carboxylic acids is 1. The van der Waals surface area contributed by atoms with E-state index in [-0.39, 0.29) is 31.0 Å². The molecule has 2 unspecified atom stereocenters. The van der Waals surface area contributed by atoms with Gasteiger partial charge in [0.15, 0.2) is 6.61 Å². The lowest BCUT2D eigenvalue weighted by molar-refractivity contribution is 0.0924. The summed E-state index contributed by atoms with van der Waals surface area (Å²) in [5.74, 6) is 1.77. The smallest absolute Gasteiger partial charge is 0.251 e. The molecule has 0 saturated carbocycles. The first-order chi connectivity index (χ1) is 12.7. The Morgan fingerprint density at radius 1 is 1.26 bits per heavy atom. The Kier molecular flexibility index (Phi) is 6.34. The molecule has 2 aliphatic heterocycles. The molecular weight excluding hydrogens is 368 g/mol. The summed E-state index contributed by atoms with van der Waals surface area (Å²) in [5, 5.41) is 10.6. The van der Waals surface area contributed by atoms with Crippen LogP contribution in [0, 0.1) is 0 Å². The molecule has 1 aromatic carbocycles. The molecule has 3 heterocycles. The number of hydrogen-bond acceptors (Lipinski definition) is 6. The average molecular weight is 393 g/mol. The maximum Gasteiger partial charge on any atom is 0.251 e. The van der Waals surface area contributed by atoms with Crippen LogP contribution in [0.15, 0.2) is 28.8 Å². The molecular formula is C19H25ClN4O3. The van der Waals surface area contributed by atoms with E-state index in [9.17, 15) is 4.79 Å². The van der Waals surface area contributed by atoms with Gasteiger partial charge >= 0.3 is 0 Å². The highest BCUT2D eigenvalue weighted by Gasteiger charge is 2.34. The number of nitrogens with zero attached hydrogens (tertiary/aromatic N) is 2. The van der Waals surface area contributed by atoms with Gasteiger partial charge in [-0.25, -0.2) is 0 Å². The number of halogens is 1. The Labute approximate surface area is 164 Å². The highest BCUT2D eigenvalue weighted by molar-refractivity contribution is 5.94. The van der Waals surface area contributed by atoms with Gasteiger partial charge in [-0.3, -0.25) is 4.79 Å². The minimum Gasteiger partial charge on any atom is -0.485 e. The van der Waals surface area contributed by atoms with Crippen molar-refractivity contribution in [1.82, 2.24) is 20.8 Å². The van der Waals surface area contributed by atoms with Crippen LogP contribution in [0.3, 0.4) is 0 Å². The fraction of sp³-hybridized carbons (Fsp3) is 0.526. The molecule has 0 aliphatic carbocycles. The van der Waals surface area contributed by atoms with Crippen molar-refractivity contribution in [3.8, 4) is 5.75 Å². The molecule has 7 nitrogen and oxygen atoms in total. The van der Waals surface area contributed by atoms with Crippen LogP contribution in [0.2, 0.25) is 0 Å². The molecule has 2 saturated heterocycles. The lowest BCUT2D eigenvalue weighted by Crippen LogP contribution is -2.48. The highest BCUT2D eigenvalue weighted by Crippen LogP contribution is 2.27. The summed E-state index contributed by atoms with van der Waals surface area (Å²) < 4.78 is 10.7. The Morgan fingerprint density at radius 3 is 2.59 bits per heavy atom. The Bertz CT molecular complexity index is 753. The van der Waals surface area contributed by atoms with Gasteiger partial charge < -0.3 is 19.9 Å². The number of amides is 1. The summed E-state index contributed by atoms with van der Waals surface area (Å²) in [6.45, 7) is 2.20. The molecule has 0 radical (unpaired) electrons. The third-order valence-electron chi connectivity index (χ3n) is 5.11. The highest BCUT2D eigenvalue weighted by atomic mass is 35.5. The van der Waals surface area contributed by atoms with E-state index >= 15 is 0 Å². The Morgan fingerprint density at radius 2 is 1.96 bits per heavy atom. The predicted octanol–water partition coefficient (Wildman–Crippen LogP) is 2.65. The van der Waals surface area contributed by atoms with Gasteiger partial charge in [0.05, 0.1) is 0 Å². The first-order valence-corrected chi connectivity index (χ1v) is 9.31. The van der Waals surface area contributed by atoms with Crippen molar-refractivity contribution >= 4 is 18.3 Å². The molecule has 2 fully saturated rings. The minimum atomic E-state index is -0.0198. The second kappa shape index (κ2) is 8.71. The normalized spacial score (nSPS) is 23.5. The zero-order chi connectivity index (χ0) is 17.9. The topological polar surface area (TPSA) is 89.3 Å². The number of hydrogen-bond donors (Lipinski definition) is 2. The lowest BCUT2D eigenvalue weighted by Gasteiger charge is -2.29. The molecule has 2 aliphatic rings. The van der Waals surface area contributed by atoms with E-state index in [0.29, 0.717) is 41.5 Å². The second-order valence-electron chi connectivity index (χ2n) is 7.05. The van der Waals surface area contributed by atoms with E-state index in [4.69, 9.17) is 9.26 Å². The van der Waals surface area contributed by atoms with Crippen molar-refractivity contribution < 1.29 is 14.1 Å². The van der Waals surface area contributed by atoms with Crippen LogP contribution in [-0.4, -0.2) is 34.2 Å². The molecule has 2 bridgehead atoms. The maximum absolute atomic E-state index is 12.5. The third-order valence-corrected chi connectivity index (χ3v) is 5.11. The molecule has 0 spiro atoms. The zero-order valence-electron chi connectivity index (χ0n) is 15.3. The van der Waals surface area contributed by atoms with Crippen LogP contribution in [0.4, 0.5) is 0 Å². The van der Waals surface area contributed by atoms with Crippen LogP contribution >= 0.6 is 12.4 Å². The number of nitrogens with one attached hydrogen (secondary N) is 2. The summed E-state index contributed by atoms with van der Waals surface area (Å²) in [5.41, 5.74) is 0.649. The molecule has 2 N–H and O–H groups in total. The lowest BCUT2D eigenvalue weighted by atomic mass is 9.99. The minimum absolute atomic E-state index is 0. The first-order valence-electron chi connectivity index (χ1n) is 9.31. The number of benzene rings is 1. The molecule has 1 aromatic heterocycles. The number of aryl methyl sites for hydroxylation is 1. The van der Waals surface area contributed by atoms with Crippen LogP contribution in [0.5, 0.6) is 5.75 Å². The number of aromatic nitrogens is 2. The third kappa shape index (κ3) is 4.78. The molecule has 2 aromatic rings. The summed E-state index contributed by atoms with van der Waals surface area (Å²) in [4.78, 5) is 16.7. The molecule has 8 heteroatoms. The van der Waals surface area contributed by atoms with E-state index < -0.39 is 0 Å². The summed E-state index contributed by atoms with van der Waals surface area (Å²) >= 11 is 0. The van der Waals surface area contributed by atoms with Gasteiger partial charge in [0, 0.05) is 30.1 Å². The maximum atomic E-state index is 12.5. The van der Waals surface area contributed by atoms with Gasteiger partial charge in [-0.15, -0.1) is 12.4 Å². The van der Waals surface area contributed by atoms with Gasteiger partial charge in [0.2, 0.25) is 11.7 Å². The van der Waals surface area contributed by atoms with Crippen LogP contribution in [-0.2, 0) is 13.0 Å². The summed E-state index contributed by atoms with van der Waals surface area (Å²) in [6.07, 6.45) is 5.20. The fourth-order valence-electron chi connectivity index (χ4n) is 3.79. The first kappa shape index (κ1) is 19.6. The SMILES string of the molecule is CCc1nc(COc2ccc(C(=O)NC3CC4CCC(C3)N4)cc2)no1.Cl. The molecule has 1 amide bonds. The number of ether oxygens (including phenoxy) is 1. The van der Waals surface area contributed by atoms with Crippen molar-refractivity contribution in [2.45, 2.75) is 63.8 Å². The quantitative estimate of drug-likeness (QED) is 0.785. The standard InChI is InChI=1S/C19H24N4O3.ClH/c1-2-18-22-17(23-26-18)11-25-16-7-3-12(4-8-16)19(24)21-15-9-13-5-6-14(10-15)20-13;/h3-4,7-8,13-15,20H,2,5-6,9-11H2,1H3,(H,21,24);1H. The predicted molar refractivity (Wildman–Crippen MR) is 102 cm³/mol. The van der Waals surface area contributed by atoms with Crippen LogP contribution in [0.25, 0.3) is 0 Å². The van der Waals surface area contributed by atoms with Crippen molar-refractivity contribution in [2.75, 3.05) is 0 Å². The Hall–Kier alpha value is -2.12. The average Bonchev–Trinajstić information content (AvgIpc) is 3.26. The van der Waals surface area contributed by atoms with E-state index in [2.05, 4.69) is 20.8 Å². The summed E-state index contributed by atoms with van der Waals surface area (Å²) in [6, 6.07) is 8.55. The number of rotatable bonds is 6. The van der Waals surface area contributed by atoms with E-state index in [1.165, 1.54) is 12.8 Å². The zero-order valence-corrected chi connectivity index (χ0v) is 16.1. The van der Waals surface area contributed by atoms with Crippen molar-refractivity contribution in [1.29, 1.82) is 0 Å². The van der Waals surface area contributed by atoms with E-state index in [1.807, 2.05) is 6.92 Å². The number of piperidine rings is 1. The monoisotopic (exact) mass is 392 g/mol. The second-order valence-corrected chi connectivity index (χ2v) is 7.05. The fourth-order valence-corrected chi connectivity index (χ4v) is 3.79. The molecule has 146 valence electrons. The van der Waals surface area contributed by atoms with Gasteiger partial charge in [-0.2, -0.15) is 4.98 Å². The van der Waals surface area contributed by atoms with Crippen molar-refractivity contribution in [3.05, 3.63) is 41.5 Å². The van der Waals surface area contributed by atoms with Crippen molar-refractivity contribution in [2.24, 2.45) is 0 Å².